The molecular formula is C12H22S. The molecule has 2 unspecified atom stereocenters. The topological polar surface area (TPSA) is 0 Å². The van der Waals surface area contributed by atoms with Crippen LogP contribution >= 0.6 is 11.8 Å². The average molecular weight is 198 g/mol. The summed E-state index contributed by atoms with van der Waals surface area (Å²) < 4.78 is 0. The smallest absolute Gasteiger partial charge is 0.00374 e. The van der Waals surface area contributed by atoms with Crippen LogP contribution in [0.5, 0.6) is 0 Å². The Balaban J connectivity index is 2.18. The van der Waals surface area contributed by atoms with Crippen LogP contribution in [0.3, 0.4) is 0 Å². The van der Waals surface area contributed by atoms with Crippen molar-refractivity contribution in [3.05, 3.63) is 11.5 Å². The maximum absolute atomic E-state index is 2.40. The van der Waals surface area contributed by atoms with Crippen LogP contribution in [0.25, 0.3) is 0 Å². The molecule has 0 aromatic rings. The molecule has 0 N–H and O–H groups in total. The molecule has 1 aliphatic heterocycles. The van der Waals surface area contributed by atoms with E-state index in [1.807, 2.05) is 11.8 Å². The van der Waals surface area contributed by atoms with Crippen molar-refractivity contribution in [2.24, 2.45) is 11.8 Å². The molecule has 0 saturated carbocycles. The second-order valence-corrected chi connectivity index (χ2v) is 5.01. The summed E-state index contributed by atoms with van der Waals surface area (Å²) in [7, 11) is 0. The molecule has 1 heteroatoms. The molecule has 0 aromatic heterocycles. The van der Waals surface area contributed by atoms with E-state index >= 15 is 0 Å². The van der Waals surface area contributed by atoms with Gasteiger partial charge in [-0.25, -0.2) is 0 Å². The monoisotopic (exact) mass is 198 g/mol. The Kier molecular flexibility index (Phi) is 5.61. The molecule has 0 bridgehead atoms. The molecule has 2 atom stereocenters. The second kappa shape index (κ2) is 6.53. The lowest BCUT2D eigenvalue weighted by Crippen LogP contribution is -2.06. The first kappa shape index (κ1) is 11.2. The molecule has 13 heavy (non-hydrogen) atoms. The van der Waals surface area contributed by atoms with Crippen LogP contribution in [0, 0.1) is 11.8 Å². The van der Waals surface area contributed by atoms with E-state index in [1.54, 1.807) is 0 Å². The van der Waals surface area contributed by atoms with Gasteiger partial charge in [-0.05, 0) is 23.7 Å². The van der Waals surface area contributed by atoms with Gasteiger partial charge in [0.1, 0.15) is 0 Å². The Morgan fingerprint density at radius 3 is 2.85 bits per heavy atom. The first-order valence-corrected chi connectivity index (χ1v) is 6.70. The van der Waals surface area contributed by atoms with Gasteiger partial charge < -0.3 is 0 Å². The molecule has 76 valence electrons. The Bertz CT molecular complexity index is 151. The van der Waals surface area contributed by atoms with Crippen molar-refractivity contribution in [1.29, 1.82) is 0 Å². The Labute approximate surface area is 87.2 Å². The number of rotatable bonds is 6. The number of hydrogen-bond donors (Lipinski definition) is 0. The first-order chi connectivity index (χ1) is 6.36. The van der Waals surface area contributed by atoms with Gasteiger partial charge in [0.25, 0.3) is 0 Å². The summed E-state index contributed by atoms with van der Waals surface area (Å²) in [5.74, 6) is 3.20. The summed E-state index contributed by atoms with van der Waals surface area (Å²) in [6.07, 6.45) is 9.42. The fourth-order valence-corrected chi connectivity index (χ4v) is 2.90. The van der Waals surface area contributed by atoms with Crippen LogP contribution in [-0.4, -0.2) is 5.75 Å². The van der Waals surface area contributed by atoms with E-state index in [4.69, 9.17) is 0 Å². The molecule has 0 aromatic carbocycles. The minimum atomic E-state index is 0.881. The summed E-state index contributed by atoms with van der Waals surface area (Å²) in [6.45, 7) is 4.63. The highest BCUT2D eigenvalue weighted by Gasteiger charge is 2.15. The molecule has 0 saturated heterocycles. The number of allylic oxidation sites excluding steroid dienone is 1. The normalized spacial score (nSPS) is 23.7. The number of thioether (sulfide) groups is 1. The van der Waals surface area contributed by atoms with Gasteiger partial charge >= 0.3 is 0 Å². The van der Waals surface area contributed by atoms with Crippen LogP contribution in [0.1, 0.15) is 46.0 Å². The number of hydrogen-bond acceptors (Lipinski definition) is 1. The van der Waals surface area contributed by atoms with Crippen molar-refractivity contribution in [1.82, 2.24) is 0 Å². The third-order valence-corrected chi connectivity index (χ3v) is 3.91. The van der Waals surface area contributed by atoms with Crippen molar-refractivity contribution in [3.63, 3.8) is 0 Å². The maximum atomic E-state index is 2.40. The molecule has 0 spiro atoms. The lowest BCUT2D eigenvalue weighted by Gasteiger charge is -2.17. The van der Waals surface area contributed by atoms with Crippen LogP contribution in [0.15, 0.2) is 11.5 Å². The van der Waals surface area contributed by atoms with Gasteiger partial charge in [0.2, 0.25) is 0 Å². The zero-order valence-electron chi connectivity index (χ0n) is 8.96. The second-order valence-electron chi connectivity index (χ2n) is 4.07. The van der Waals surface area contributed by atoms with E-state index in [2.05, 4.69) is 25.3 Å². The quantitative estimate of drug-likeness (QED) is 0.607. The van der Waals surface area contributed by atoms with Crippen LogP contribution in [0.4, 0.5) is 0 Å². The third kappa shape index (κ3) is 4.21. The minimum Gasteiger partial charge on any atom is -0.134 e. The fourth-order valence-electron chi connectivity index (χ4n) is 1.96. The molecule has 1 rings (SSSR count). The van der Waals surface area contributed by atoms with E-state index in [1.165, 1.54) is 37.9 Å². The summed E-state index contributed by atoms with van der Waals surface area (Å²) in [5, 5.41) is 2.28. The fraction of sp³-hybridized carbons (Fsp3) is 0.833. The zero-order valence-corrected chi connectivity index (χ0v) is 9.78. The van der Waals surface area contributed by atoms with Crippen molar-refractivity contribution in [2.45, 2.75) is 46.0 Å². The molecular weight excluding hydrogens is 176 g/mol. The maximum Gasteiger partial charge on any atom is 0.00374 e. The van der Waals surface area contributed by atoms with Crippen LogP contribution in [-0.2, 0) is 0 Å². The lowest BCUT2D eigenvalue weighted by atomic mass is 9.89. The van der Waals surface area contributed by atoms with E-state index in [-0.39, 0.29) is 0 Å². The van der Waals surface area contributed by atoms with E-state index in [9.17, 15) is 0 Å². The zero-order chi connectivity index (χ0) is 9.52. The summed E-state index contributed by atoms with van der Waals surface area (Å²) in [6, 6.07) is 0. The van der Waals surface area contributed by atoms with Gasteiger partial charge in [0, 0.05) is 5.75 Å². The van der Waals surface area contributed by atoms with Gasteiger partial charge in [-0.15, -0.1) is 11.8 Å². The van der Waals surface area contributed by atoms with Gasteiger partial charge in [0.15, 0.2) is 0 Å². The van der Waals surface area contributed by atoms with Gasteiger partial charge in [-0.3, -0.25) is 0 Å². The predicted molar refractivity (Wildman–Crippen MR) is 63.0 cm³/mol. The van der Waals surface area contributed by atoms with Crippen molar-refractivity contribution in [2.75, 3.05) is 5.75 Å². The molecule has 0 fully saturated rings. The van der Waals surface area contributed by atoms with Crippen LogP contribution < -0.4 is 0 Å². The Morgan fingerprint density at radius 1 is 1.46 bits per heavy atom. The van der Waals surface area contributed by atoms with Crippen LogP contribution in [0.2, 0.25) is 0 Å². The summed E-state index contributed by atoms with van der Waals surface area (Å²) in [4.78, 5) is 0. The molecule has 0 nitrogen and oxygen atoms in total. The van der Waals surface area contributed by atoms with Gasteiger partial charge in [-0.1, -0.05) is 45.6 Å². The first-order valence-electron chi connectivity index (χ1n) is 5.65. The average Bonchev–Trinajstić information content (AvgIpc) is 2.64. The van der Waals surface area contributed by atoms with E-state index in [0.717, 1.165) is 11.8 Å². The highest BCUT2D eigenvalue weighted by atomic mass is 32.2. The van der Waals surface area contributed by atoms with Gasteiger partial charge in [0.05, 0.1) is 0 Å². The number of unbranched alkanes of at least 4 members (excludes halogenated alkanes) is 1. The van der Waals surface area contributed by atoms with Crippen molar-refractivity contribution >= 4 is 11.8 Å². The standard InChI is InChI=1S/C12H22S/c1-3-5-6-11(4-2)9-12-7-8-13-10-12/h7-8,11-12H,3-6,9-10H2,1-2H3. The Hall–Kier alpha value is 0.0900. The highest BCUT2D eigenvalue weighted by molar-refractivity contribution is 8.02. The third-order valence-electron chi connectivity index (χ3n) is 2.94. The molecule has 0 aliphatic carbocycles. The molecule has 1 aliphatic rings. The SMILES string of the molecule is CCCCC(CC)CC1C=CSC1. The van der Waals surface area contributed by atoms with Crippen molar-refractivity contribution < 1.29 is 0 Å². The lowest BCUT2D eigenvalue weighted by molar-refractivity contribution is 0.387. The molecule has 0 amide bonds. The Morgan fingerprint density at radius 2 is 2.31 bits per heavy atom. The van der Waals surface area contributed by atoms with E-state index in [0.29, 0.717) is 0 Å². The minimum absolute atomic E-state index is 0.881. The summed E-state index contributed by atoms with van der Waals surface area (Å²) >= 11 is 1.98. The van der Waals surface area contributed by atoms with Gasteiger partial charge in [-0.2, -0.15) is 0 Å². The predicted octanol–water partition coefficient (Wildman–Crippen LogP) is 4.47. The molecule has 1 heterocycles. The van der Waals surface area contributed by atoms with E-state index < -0.39 is 0 Å². The largest absolute Gasteiger partial charge is 0.134 e. The highest BCUT2D eigenvalue weighted by Crippen LogP contribution is 2.29. The molecule has 0 radical (unpaired) electrons. The van der Waals surface area contributed by atoms with Crippen molar-refractivity contribution in [3.8, 4) is 0 Å². The summed E-state index contributed by atoms with van der Waals surface area (Å²) in [5.41, 5.74) is 0.